The lowest BCUT2D eigenvalue weighted by Crippen LogP contribution is -2.21. The minimum absolute atomic E-state index is 0.103. The van der Waals surface area contributed by atoms with Crippen LogP contribution in [0.4, 0.5) is 5.69 Å². The number of nitro benzene ring substituents is 1. The predicted molar refractivity (Wildman–Crippen MR) is 153 cm³/mol. The lowest BCUT2D eigenvalue weighted by atomic mass is 9.96. The SMILES string of the molecule is CC[C@H](C)Oc1c(C=Nn2c(-c3cc(C(C)C)c(OC)cc3C)nc3ccccc3c2=O)cccc1[N+](=O)[O-]. The van der Waals surface area contributed by atoms with E-state index in [1.54, 1.807) is 37.4 Å². The maximum Gasteiger partial charge on any atom is 0.311 e. The van der Waals surface area contributed by atoms with Crippen molar-refractivity contribution in [2.75, 3.05) is 7.11 Å². The molecule has 0 aliphatic heterocycles. The van der Waals surface area contributed by atoms with Gasteiger partial charge in [0, 0.05) is 17.2 Å². The van der Waals surface area contributed by atoms with Gasteiger partial charge in [-0.05, 0) is 67.6 Å². The van der Waals surface area contributed by atoms with Crippen molar-refractivity contribution >= 4 is 22.8 Å². The van der Waals surface area contributed by atoms with E-state index in [-0.39, 0.29) is 29.0 Å². The summed E-state index contributed by atoms with van der Waals surface area (Å²) in [5, 5.41) is 16.7. The fourth-order valence-corrected chi connectivity index (χ4v) is 4.29. The molecule has 1 heterocycles. The van der Waals surface area contributed by atoms with E-state index in [1.807, 2.05) is 39.0 Å². The summed E-state index contributed by atoms with van der Waals surface area (Å²) in [7, 11) is 1.63. The summed E-state index contributed by atoms with van der Waals surface area (Å²) in [5.74, 6) is 1.37. The third-order valence-electron chi connectivity index (χ3n) is 6.62. The van der Waals surface area contributed by atoms with Gasteiger partial charge < -0.3 is 9.47 Å². The number of fused-ring (bicyclic) bond motifs is 1. The number of hydrogen-bond acceptors (Lipinski definition) is 7. The van der Waals surface area contributed by atoms with Gasteiger partial charge in [0.2, 0.25) is 5.75 Å². The molecule has 3 aromatic carbocycles. The Hall–Kier alpha value is -4.53. The number of nitrogens with zero attached hydrogens (tertiary/aromatic N) is 4. The van der Waals surface area contributed by atoms with Gasteiger partial charge in [0.05, 0.1) is 35.3 Å². The van der Waals surface area contributed by atoms with Gasteiger partial charge in [-0.1, -0.05) is 39.0 Å². The van der Waals surface area contributed by atoms with E-state index >= 15 is 0 Å². The van der Waals surface area contributed by atoms with Crippen LogP contribution < -0.4 is 15.0 Å². The zero-order valence-corrected chi connectivity index (χ0v) is 23.0. The molecular formula is C30H32N4O5. The Morgan fingerprint density at radius 1 is 1.13 bits per heavy atom. The molecule has 4 rings (SSSR count). The summed E-state index contributed by atoms with van der Waals surface area (Å²) in [5.41, 5.74) is 2.96. The van der Waals surface area contributed by atoms with Crippen LogP contribution in [0.3, 0.4) is 0 Å². The normalized spacial score (nSPS) is 12.3. The van der Waals surface area contributed by atoms with E-state index in [9.17, 15) is 14.9 Å². The molecule has 0 unspecified atom stereocenters. The van der Waals surface area contributed by atoms with E-state index in [0.29, 0.717) is 28.7 Å². The van der Waals surface area contributed by atoms with Crippen LogP contribution in [0.15, 0.2) is 64.5 Å². The first-order chi connectivity index (χ1) is 18.7. The van der Waals surface area contributed by atoms with Gasteiger partial charge in [-0.3, -0.25) is 14.9 Å². The number of aromatic nitrogens is 2. The molecule has 0 bridgehead atoms. The van der Waals surface area contributed by atoms with E-state index < -0.39 is 4.92 Å². The third-order valence-corrected chi connectivity index (χ3v) is 6.62. The molecule has 0 aliphatic carbocycles. The Kier molecular flexibility index (Phi) is 8.09. The van der Waals surface area contributed by atoms with E-state index in [4.69, 9.17) is 14.5 Å². The summed E-state index contributed by atoms with van der Waals surface area (Å²) in [4.78, 5) is 29.8. The average Bonchev–Trinajstić information content (AvgIpc) is 2.92. The van der Waals surface area contributed by atoms with Crippen LogP contribution in [0.1, 0.15) is 56.7 Å². The van der Waals surface area contributed by atoms with Crippen molar-refractivity contribution in [3.8, 4) is 22.9 Å². The number of aryl methyl sites for hydroxylation is 1. The van der Waals surface area contributed by atoms with Crippen LogP contribution in [0.5, 0.6) is 11.5 Å². The van der Waals surface area contributed by atoms with Crippen molar-refractivity contribution < 1.29 is 14.4 Å². The fourth-order valence-electron chi connectivity index (χ4n) is 4.29. The first kappa shape index (κ1) is 27.5. The lowest BCUT2D eigenvalue weighted by Gasteiger charge is -2.17. The van der Waals surface area contributed by atoms with Crippen molar-refractivity contribution in [1.82, 2.24) is 9.66 Å². The smallest absolute Gasteiger partial charge is 0.311 e. The maximum absolute atomic E-state index is 13.7. The number of nitro groups is 1. The molecule has 0 fully saturated rings. The average molecular weight is 529 g/mol. The molecule has 0 saturated heterocycles. The van der Waals surface area contributed by atoms with Gasteiger partial charge in [0.15, 0.2) is 5.82 Å². The molecule has 0 spiro atoms. The molecule has 0 amide bonds. The van der Waals surface area contributed by atoms with Crippen molar-refractivity contribution in [2.45, 2.75) is 53.1 Å². The second-order valence-corrected chi connectivity index (χ2v) is 9.67. The quantitative estimate of drug-likeness (QED) is 0.140. The first-order valence-electron chi connectivity index (χ1n) is 12.8. The molecule has 39 heavy (non-hydrogen) atoms. The van der Waals surface area contributed by atoms with Crippen molar-refractivity contribution in [3.63, 3.8) is 0 Å². The summed E-state index contributed by atoms with van der Waals surface area (Å²) in [6.07, 6.45) is 1.82. The van der Waals surface area contributed by atoms with Gasteiger partial charge in [0.1, 0.15) is 5.75 Å². The van der Waals surface area contributed by atoms with Gasteiger partial charge in [-0.2, -0.15) is 9.78 Å². The molecule has 4 aromatic rings. The molecule has 9 nitrogen and oxygen atoms in total. The molecule has 9 heteroatoms. The van der Waals surface area contributed by atoms with Crippen molar-refractivity contribution in [1.29, 1.82) is 0 Å². The highest BCUT2D eigenvalue weighted by Crippen LogP contribution is 2.34. The van der Waals surface area contributed by atoms with Gasteiger partial charge >= 0.3 is 5.69 Å². The van der Waals surface area contributed by atoms with E-state index in [2.05, 4.69) is 18.9 Å². The molecule has 0 saturated carbocycles. The monoisotopic (exact) mass is 528 g/mol. The Morgan fingerprint density at radius 3 is 2.54 bits per heavy atom. The van der Waals surface area contributed by atoms with Crippen molar-refractivity contribution in [2.24, 2.45) is 5.10 Å². The summed E-state index contributed by atoms with van der Waals surface area (Å²) in [6.45, 7) is 9.83. The zero-order chi connectivity index (χ0) is 28.3. The number of hydrogen-bond donors (Lipinski definition) is 0. The second-order valence-electron chi connectivity index (χ2n) is 9.67. The number of methoxy groups -OCH3 is 1. The third kappa shape index (κ3) is 5.52. The minimum Gasteiger partial charge on any atom is -0.496 e. The molecular weight excluding hydrogens is 496 g/mol. The molecule has 0 aliphatic rings. The number of para-hydroxylation sites is 2. The molecule has 1 aromatic heterocycles. The first-order valence-corrected chi connectivity index (χ1v) is 12.8. The van der Waals surface area contributed by atoms with E-state index in [0.717, 1.165) is 22.4 Å². The molecule has 0 N–H and O–H groups in total. The van der Waals surface area contributed by atoms with Crippen LogP contribution in [0.2, 0.25) is 0 Å². The van der Waals surface area contributed by atoms with Crippen LogP contribution in [0, 0.1) is 17.0 Å². The predicted octanol–water partition coefficient (Wildman–Crippen LogP) is 6.47. The maximum atomic E-state index is 13.7. The Labute approximate surface area is 226 Å². The van der Waals surface area contributed by atoms with Crippen LogP contribution in [0.25, 0.3) is 22.3 Å². The minimum atomic E-state index is -0.488. The number of benzene rings is 3. The highest BCUT2D eigenvalue weighted by molar-refractivity contribution is 5.86. The standard InChI is InChI=1S/C30H32N4O5/c1-7-20(5)39-28-21(11-10-14-26(28)34(36)37)17-31-33-29(32-25-13-9-8-12-22(25)30(33)35)24-16-23(18(2)3)27(38-6)15-19(24)4/h8-18,20H,7H2,1-6H3/t20-/m0/s1. The van der Waals surface area contributed by atoms with E-state index in [1.165, 1.54) is 17.0 Å². The molecule has 0 radical (unpaired) electrons. The highest BCUT2D eigenvalue weighted by atomic mass is 16.6. The number of ether oxygens (including phenoxy) is 2. The van der Waals surface area contributed by atoms with Crippen LogP contribution in [-0.2, 0) is 0 Å². The largest absolute Gasteiger partial charge is 0.496 e. The Balaban J connectivity index is 1.98. The van der Waals surface area contributed by atoms with Crippen LogP contribution >= 0.6 is 0 Å². The summed E-state index contributed by atoms with van der Waals surface area (Å²) < 4.78 is 12.8. The Morgan fingerprint density at radius 2 is 1.87 bits per heavy atom. The number of rotatable bonds is 9. The molecule has 202 valence electrons. The Bertz CT molecular complexity index is 1620. The summed E-state index contributed by atoms with van der Waals surface area (Å²) in [6, 6.07) is 15.6. The second kappa shape index (κ2) is 11.5. The van der Waals surface area contributed by atoms with Crippen molar-refractivity contribution in [3.05, 3.63) is 91.8 Å². The van der Waals surface area contributed by atoms with Gasteiger partial charge in [-0.15, -0.1) is 0 Å². The summed E-state index contributed by atoms with van der Waals surface area (Å²) >= 11 is 0. The fraction of sp³-hybridized carbons (Fsp3) is 0.300. The topological polar surface area (TPSA) is 109 Å². The zero-order valence-electron chi connectivity index (χ0n) is 23.0. The highest BCUT2D eigenvalue weighted by Gasteiger charge is 2.21. The lowest BCUT2D eigenvalue weighted by molar-refractivity contribution is -0.386. The van der Waals surface area contributed by atoms with Gasteiger partial charge in [-0.25, -0.2) is 4.98 Å². The van der Waals surface area contributed by atoms with Gasteiger partial charge in [0.25, 0.3) is 5.56 Å². The molecule has 1 atom stereocenters. The van der Waals surface area contributed by atoms with Crippen LogP contribution in [-0.4, -0.2) is 34.0 Å².